The Morgan fingerprint density at radius 1 is 0.784 bits per heavy atom. The molecule has 0 unspecified atom stereocenters. The van der Waals surface area contributed by atoms with Crippen LogP contribution in [0.15, 0.2) is 72.8 Å². The van der Waals surface area contributed by atoms with Gasteiger partial charge in [-0.2, -0.15) is 0 Å². The Morgan fingerprint density at radius 2 is 1.22 bits per heavy atom. The number of likely N-dealkylation sites (N-methyl/N-ethyl adjacent to an activating group) is 1. The van der Waals surface area contributed by atoms with Gasteiger partial charge in [0.25, 0.3) is 0 Å². The Kier molecular flexibility index (Phi) is 9.55. The molecular weight excluding hydrogens is 468 g/mol. The molecule has 0 radical (unpaired) electrons. The second kappa shape index (κ2) is 12.6. The molecule has 0 spiro atoms. The van der Waals surface area contributed by atoms with Gasteiger partial charge in [0.2, 0.25) is 5.91 Å². The lowest BCUT2D eigenvalue weighted by Crippen LogP contribution is -2.41. The SMILES string of the molecule is COc1ccc(C(O)(c2ccc(OC)cc2)c2ccc(OCCCC(=O)NCC[N+](C)(C)C)cc2)cc1. The van der Waals surface area contributed by atoms with Gasteiger partial charge in [-0.25, -0.2) is 0 Å². The molecule has 1 amide bonds. The first-order valence-electron chi connectivity index (χ1n) is 12.5. The molecular formula is C30H39N2O5+. The molecule has 0 saturated carbocycles. The Hall–Kier alpha value is -3.55. The van der Waals surface area contributed by atoms with E-state index < -0.39 is 5.60 Å². The maximum Gasteiger partial charge on any atom is 0.220 e. The number of ether oxygens (including phenoxy) is 3. The van der Waals surface area contributed by atoms with E-state index >= 15 is 0 Å². The standard InChI is InChI=1S/C30H38N2O5/c1-32(2,3)21-20-31-29(33)7-6-22-37-28-18-12-25(13-19-28)30(34,23-8-14-26(35-4)15-9-23)24-10-16-27(36-5)17-11-24/h8-19,34H,6-7,20-22H2,1-5H3/p+1. The number of hydrogen-bond acceptors (Lipinski definition) is 5. The normalized spacial score (nSPS) is 11.6. The van der Waals surface area contributed by atoms with Crippen molar-refractivity contribution in [2.75, 3.05) is 55.1 Å². The summed E-state index contributed by atoms with van der Waals surface area (Å²) in [5.74, 6) is 2.15. The molecule has 198 valence electrons. The lowest BCUT2D eigenvalue weighted by molar-refractivity contribution is -0.869. The summed E-state index contributed by atoms with van der Waals surface area (Å²) in [6, 6.07) is 22.2. The van der Waals surface area contributed by atoms with Crippen LogP contribution in [-0.4, -0.2) is 70.6 Å². The predicted octanol–water partition coefficient (Wildman–Crippen LogP) is 3.97. The Balaban J connectivity index is 1.68. The number of amides is 1. The van der Waals surface area contributed by atoms with Crippen LogP contribution in [0, 0.1) is 0 Å². The Labute approximate surface area is 220 Å². The molecule has 0 aromatic heterocycles. The maximum atomic E-state index is 12.1. The highest BCUT2D eigenvalue weighted by atomic mass is 16.5. The number of carbonyl (C=O) groups is 1. The first-order valence-corrected chi connectivity index (χ1v) is 12.5. The van der Waals surface area contributed by atoms with Gasteiger partial charge in [0.05, 0.1) is 55.1 Å². The van der Waals surface area contributed by atoms with Crippen LogP contribution in [-0.2, 0) is 10.4 Å². The van der Waals surface area contributed by atoms with Crippen LogP contribution in [0.4, 0.5) is 0 Å². The molecule has 0 bridgehead atoms. The summed E-state index contributed by atoms with van der Waals surface area (Å²) >= 11 is 0. The third-order valence-electron chi connectivity index (χ3n) is 6.21. The average molecular weight is 508 g/mol. The predicted molar refractivity (Wildman–Crippen MR) is 145 cm³/mol. The number of benzene rings is 3. The zero-order valence-corrected chi connectivity index (χ0v) is 22.5. The molecule has 2 N–H and O–H groups in total. The largest absolute Gasteiger partial charge is 0.497 e. The molecule has 0 saturated heterocycles. The summed E-state index contributed by atoms with van der Waals surface area (Å²) in [5.41, 5.74) is 0.736. The maximum absolute atomic E-state index is 12.1. The van der Waals surface area contributed by atoms with E-state index in [1.807, 2.05) is 72.8 Å². The third-order valence-corrected chi connectivity index (χ3v) is 6.21. The summed E-state index contributed by atoms with van der Waals surface area (Å²) in [5, 5.41) is 15.0. The number of aliphatic hydroxyl groups is 1. The zero-order chi connectivity index (χ0) is 26.9. The van der Waals surface area contributed by atoms with Crippen molar-refractivity contribution in [1.29, 1.82) is 0 Å². The molecule has 37 heavy (non-hydrogen) atoms. The molecule has 0 aliphatic carbocycles. The quantitative estimate of drug-likeness (QED) is 0.208. The second-order valence-electron chi connectivity index (χ2n) is 10.0. The summed E-state index contributed by atoms with van der Waals surface area (Å²) in [7, 11) is 9.52. The smallest absolute Gasteiger partial charge is 0.220 e. The lowest BCUT2D eigenvalue weighted by Gasteiger charge is -2.30. The molecule has 0 atom stereocenters. The number of rotatable bonds is 13. The van der Waals surface area contributed by atoms with Gasteiger partial charge in [-0.15, -0.1) is 0 Å². The van der Waals surface area contributed by atoms with Crippen LogP contribution in [0.5, 0.6) is 17.2 Å². The van der Waals surface area contributed by atoms with Crippen molar-refractivity contribution in [3.05, 3.63) is 89.5 Å². The van der Waals surface area contributed by atoms with E-state index in [2.05, 4.69) is 26.5 Å². The van der Waals surface area contributed by atoms with Crippen LogP contribution in [0.2, 0.25) is 0 Å². The molecule has 0 aliphatic rings. The minimum absolute atomic E-state index is 0.0384. The summed E-state index contributed by atoms with van der Waals surface area (Å²) < 4.78 is 17.3. The first kappa shape index (κ1) is 28.0. The van der Waals surface area contributed by atoms with Crippen molar-refractivity contribution in [1.82, 2.24) is 5.32 Å². The van der Waals surface area contributed by atoms with Gasteiger partial charge in [0, 0.05) is 6.42 Å². The fourth-order valence-electron chi connectivity index (χ4n) is 4.00. The summed E-state index contributed by atoms with van der Waals surface area (Å²) in [4.78, 5) is 12.0. The summed E-state index contributed by atoms with van der Waals surface area (Å²) in [6.07, 6.45) is 1.05. The highest BCUT2D eigenvalue weighted by Gasteiger charge is 2.34. The number of methoxy groups -OCH3 is 2. The van der Waals surface area contributed by atoms with Gasteiger partial charge in [-0.05, 0) is 59.5 Å². The molecule has 0 fully saturated rings. The molecule has 7 nitrogen and oxygen atoms in total. The molecule has 0 aliphatic heterocycles. The van der Waals surface area contributed by atoms with Crippen LogP contribution in [0.3, 0.4) is 0 Å². The van der Waals surface area contributed by atoms with E-state index in [0.717, 1.165) is 11.0 Å². The van der Waals surface area contributed by atoms with E-state index in [1.54, 1.807) is 14.2 Å². The van der Waals surface area contributed by atoms with Crippen molar-refractivity contribution >= 4 is 5.91 Å². The van der Waals surface area contributed by atoms with Crippen molar-refractivity contribution in [3.8, 4) is 17.2 Å². The fraction of sp³-hybridized carbons (Fsp3) is 0.367. The summed E-state index contributed by atoms with van der Waals surface area (Å²) in [6.45, 7) is 1.98. The number of nitrogens with zero attached hydrogens (tertiary/aromatic N) is 1. The second-order valence-corrected chi connectivity index (χ2v) is 10.0. The molecule has 7 heteroatoms. The average Bonchev–Trinajstić information content (AvgIpc) is 2.90. The van der Waals surface area contributed by atoms with Crippen LogP contribution in [0.1, 0.15) is 29.5 Å². The number of hydrogen-bond donors (Lipinski definition) is 2. The molecule has 3 rings (SSSR count). The highest BCUT2D eigenvalue weighted by Crippen LogP contribution is 2.38. The van der Waals surface area contributed by atoms with Crippen molar-refractivity contribution in [2.45, 2.75) is 18.4 Å². The van der Waals surface area contributed by atoms with E-state index in [9.17, 15) is 9.90 Å². The zero-order valence-electron chi connectivity index (χ0n) is 22.5. The third kappa shape index (κ3) is 7.71. The highest BCUT2D eigenvalue weighted by molar-refractivity contribution is 5.75. The van der Waals surface area contributed by atoms with Gasteiger partial charge in [-0.1, -0.05) is 36.4 Å². The number of carbonyl (C=O) groups excluding carboxylic acids is 1. The minimum Gasteiger partial charge on any atom is -0.497 e. The van der Waals surface area contributed by atoms with Gasteiger partial charge in [0.15, 0.2) is 0 Å². The topological polar surface area (TPSA) is 77.0 Å². The fourth-order valence-corrected chi connectivity index (χ4v) is 4.00. The minimum atomic E-state index is -1.39. The van der Waals surface area contributed by atoms with Gasteiger partial charge in [-0.3, -0.25) is 4.79 Å². The number of nitrogens with one attached hydrogen (secondary N) is 1. The van der Waals surface area contributed by atoms with Gasteiger partial charge >= 0.3 is 0 Å². The van der Waals surface area contributed by atoms with Crippen LogP contribution >= 0.6 is 0 Å². The molecule has 3 aromatic rings. The van der Waals surface area contributed by atoms with E-state index in [-0.39, 0.29) is 5.91 Å². The monoisotopic (exact) mass is 507 g/mol. The Bertz CT molecular complexity index is 1070. The molecule has 0 heterocycles. The number of quaternary nitrogens is 1. The van der Waals surface area contributed by atoms with E-state index in [4.69, 9.17) is 14.2 Å². The van der Waals surface area contributed by atoms with Gasteiger partial charge < -0.3 is 29.1 Å². The first-order chi connectivity index (χ1) is 17.7. The van der Waals surface area contributed by atoms with Crippen LogP contribution in [0.25, 0.3) is 0 Å². The Morgan fingerprint density at radius 3 is 1.62 bits per heavy atom. The van der Waals surface area contributed by atoms with Gasteiger partial charge in [0.1, 0.15) is 22.8 Å². The lowest BCUT2D eigenvalue weighted by atomic mass is 9.80. The van der Waals surface area contributed by atoms with E-state index in [1.165, 1.54) is 0 Å². The molecule has 3 aromatic carbocycles. The van der Waals surface area contributed by atoms with Crippen molar-refractivity contribution in [2.24, 2.45) is 0 Å². The van der Waals surface area contributed by atoms with Crippen LogP contribution < -0.4 is 19.5 Å². The van der Waals surface area contributed by atoms with Crippen molar-refractivity contribution < 1.29 is 28.6 Å². The van der Waals surface area contributed by atoms with Crippen molar-refractivity contribution in [3.63, 3.8) is 0 Å². The van der Waals surface area contributed by atoms with E-state index in [0.29, 0.717) is 59.9 Å².